The van der Waals surface area contributed by atoms with Crippen molar-refractivity contribution >= 4 is 21.9 Å². The van der Waals surface area contributed by atoms with Crippen molar-refractivity contribution in [3.05, 3.63) is 46.5 Å². The molecule has 1 N–H and O–H groups in total. The molecule has 0 aliphatic carbocycles. The molecule has 0 saturated heterocycles. The number of aliphatic carboxylic acids is 1. The zero-order valence-corrected chi connectivity index (χ0v) is 11.3. The number of carbonyl (C=O) groups is 1. The Morgan fingerprint density at radius 1 is 1.56 bits per heavy atom. The molecule has 0 radical (unpaired) electrons. The average Bonchev–Trinajstić information content (AvgIpc) is 2.71. The SMILES string of the molecule is Cn1ncnc1CC(C(=O)O)c1cccc(Br)c1. The number of aromatic nitrogens is 3. The van der Waals surface area contributed by atoms with Gasteiger partial charge in [-0.3, -0.25) is 9.48 Å². The normalized spacial score (nSPS) is 12.3. The van der Waals surface area contributed by atoms with Crippen LogP contribution in [0, 0.1) is 0 Å². The number of hydrogen-bond donors (Lipinski definition) is 1. The molecular formula is C12H12BrN3O2. The Kier molecular flexibility index (Phi) is 3.76. The summed E-state index contributed by atoms with van der Waals surface area (Å²) in [4.78, 5) is 15.4. The van der Waals surface area contributed by atoms with Gasteiger partial charge < -0.3 is 5.11 Å². The quantitative estimate of drug-likeness (QED) is 0.938. The first-order valence-corrected chi connectivity index (χ1v) is 6.18. The summed E-state index contributed by atoms with van der Waals surface area (Å²) < 4.78 is 2.46. The summed E-state index contributed by atoms with van der Waals surface area (Å²) in [5, 5.41) is 13.3. The molecule has 0 bridgehead atoms. The predicted octanol–water partition coefficient (Wildman–Crippen LogP) is 1.99. The van der Waals surface area contributed by atoms with Crippen LogP contribution in [-0.2, 0) is 18.3 Å². The molecule has 2 rings (SSSR count). The number of carboxylic acids is 1. The highest BCUT2D eigenvalue weighted by molar-refractivity contribution is 9.10. The molecule has 18 heavy (non-hydrogen) atoms. The lowest BCUT2D eigenvalue weighted by molar-refractivity contribution is -0.138. The van der Waals surface area contributed by atoms with Crippen LogP contribution >= 0.6 is 15.9 Å². The third-order valence-corrected chi connectivity index (χ3v) is 3.23. The Morgan fingerprint density at radius 3 is 2.89 bits per heavy atom. The van der Waals surface area contributed by atoms with E-state index in [1.165, 1.54) is 6.33 Å². The van der Waals surface area contributed by atoms with E-state index in [9.17, 15) is 9.90 Å². The van der Waals surface area contributed by atoms with Crippen molar-refractivity contribution in [3.63, 3.8) is 0 Å². The summed E-state index contributed by atoms with van der Waals surface area (Å²) in [6, 6.07) is 7.31. The lowest BCUT2D eigenvalue weighted by atomic mass is 9.95. The van der Waals surface area contributed by atoms with E-state index in [0.717, 1.165) is 10.0 Å². The van der Waals surface area contributed by atoms with Crippen LogP contribution < -0.4 is 0 Å². The number of aryl methyl sites for hydroxylation is 1. The van der Waals surface area contributed by atoms with Gasteiger partial charge in [0.15, 0.2) is 0 Å². The van der Waals surface area contributed by atoms with Gasteiger partial charge in [-0.1, -0.05) is 28.1 Å². The fourth-order valence-corrected chi connectivity index (χ4v) is 2.18. The molecule has 1 atom stereocenters. The van der Waals surface area contributed by atoms with Crippen molar-refractivity contribution in [1.29, 1.82) is 0 Å². The Balaban J connectivity index is 2.30. The maximum atomic E-state index is 11.4. The Bertz CT molecular complexity index is 568. The molecule has 0 amide bonds. The Labute approximate surface area is 113 Å². The highest BCUT2D eigenvalue weighted by Gasteiger charge is 2.22. The van der Waals surface area contributed by atoms with E-state index in [2.05, 4.69) is 26.0 Å². The van der Waals surface area contributed by atoms with Crippen LogP contribution in [-0.4, -0.2) is 25.8 Å². The monoisotopic (exact) mass is 309 g/mol. The fourth-order valence-electron chi connectivity index (χ4n) is 1.76. The summed E-state index contributed by atoms with van der Waals surface area (Å²) in [7, 11) is 1.75. The van der Waals surface area contributed by atoms with Gasteiger partial charge in [0.1, 0.15) is 12.2 Å². The van der Waals surface area contributed by atoms with Crippen LogP contribution in [0.15, 0.2) is 35.1 Å². The summed E-state index contributed by atoms with van der Waals surface area (Å²) in [6.45, 7) is 0. The third kappa shape index (κ3) is 2.76. The number of hydrogen-bond acceptors (Lipinski definition) is 3. The molecule has 0 aliphatic heterocycles. The van der Waals surface area contributed by atoms with Crippen molar-refractivity contribution in [3.8, 4) is 0 Å². The standard InChI is InChI=1S/C12H12BrN3O2/c1-16-11(14-7-15-16)6-10(12(17)18)8-3-2-4-9(13)5-8/h2-5,7,10H,6H2,1H3,(H,17,18). The van der Waals surface area contributed by atoms with Gasteiger partial charge in [0, 0.05) is 17.9 Å². The summed E-state index contributed by atoms with van der Waals surface area (Å²) in [5.41, 5.74) is 0.750. The second-order valence-electron chi connectivity index (χ2n) is 3.95. The van der Waals surface area contributed by atoms with Crippen LogP contribution in [0.25, 0.3) is 0 Å². The molecule has 2 aromatic rings. The highest BCUT2D eigenvalue weighted by Crippen LogP contribution is 2.23. The minimum atomic E-state index is -0.865. The zero-order valence-electron chi connectivity index (χ0n) is 9.75. The van der Waals surface area contributed by atoms with E-state index >= 15 is 0 Å². The molecule has 0 spiro atoms. The van der Waals surface area contributed by atoms with E-state index in [0.29, 0.717) is 12.2 Å². The number of nitrogens with zero attached hydrogens (tertiary/aromatic N) is 3. The average molecular weight is 310 g/mol. The van der Waals surface area contributed by atoms with Gasteiger partial charge in [-0.2, -0.15) is 5.10 Å². The summed E-state index contributed by atoms with van der Waals surface area (Å²) >= 11 is 3.35. The maximum Gasteiger partial charge on any atom is 0.311 e. The first kappa shape index (κ1) is 12.8. The second kappa shape index (κ2) is 5.30. The van der Waals surface area contributed by atoms with Gasteiger partial charge in [0.05, 0.1) is 5.92 Å². The summed E-state index contributed by atoms with van der Waals surface area (Å²) in [5.74, 6) is -0.830. The molecule has 1 aromatic carbocycles. The van der Waals surface area contributed by atoms with Gasteiger partial charge >= 0.3 is 5.97 Å². The van der Waals surface area contributed by atoms with Gasteiger partial charge in [-0.05, 0) is 17.7 Å². The van der Waals surface area contributed by atoms with Crippen molar-refractivity contribution in [1.82, 2.24) is 14.8 Å². The lowest BCUT2D eigenvalue weighted by Gasteiger charge is -2.12. The van der Waals surface area contributed by atoms with Gasteiger partial charge in [0.2, 0.25) is 0 Å². The third-order valence-electron chi connectivity index (χ3n) is 2.74. The van der Waals surface area contributed by atoms with Crippen LogP contribution in [0.4, 0.5) is 0 Å². The minimum absolute atomic E-state index is 0.322. The summed E-state index contributed by atoms with van der Waals surface area (Å²) in [6.07, 6.45) is 1.75. The molecule has 1 aromatic heterocycles. The van der Waals surface area contributed by atoms with E-state index in [4.69, 9.17) is 0 Å². The van der Waals surface area contributed by atoms with Crippen LogP contribution in [0.2, 0.25) is 0 Å². The van der Waals surface area contributed by atoms with Crippen LogP contribution in [0.1, 0.15) is 17.3 Å². The van der Waals surface area contributed by atoms with Crippen molar-refractivity contribution in [2.24, 2.45) is 7.05 Å². The van der Waals surface area contributed by atoms with E-state index in [-0.39, 0.29) is 0 Å². The van der Waals surface area contributed by atoms with Crippen LogP contribution in [0.3, 0.4) is 0 Å². The molecule has 1 unspecified atom stereocenters. The lowest BCUT2D eigenvalue weighted by Crippen LogP contribution is -2.16. The first-order chi connectivity index (χ1) is 8.58. The largest absolute Gasteiger partial charge is 0.481 e. The molecule has 6 heteroatoms. The molecule has 1 heterocycles. The zero-order chi connectivity index (χ0) is 13.1. The molecule has 94 valence electrons. The minimum Gasteiger partial charge on any atom is -0.481 e. The topological polar surface area (TPSA) is 68.0 Å². The number of halogens is 1. The van der Waals surface area contributed by atoms with E-state index in [1.807, 2.05) is 18.2 Å². The van der Waals surface area contributed by atoms with Gasteiger partial charge in [-0.25, -0.2) is 4.98 Å². The van der Waals surface area contributed by atoms with Crippen molar-refractivity contribution in [2.75, 3.05) is 0 Å². The van der Waals surface area contributed by atoms with Gasteiger partial charge in [0.25, 0.3) is 0 Å². The molecule has 0 saturated carbocycles. The van der Waals surface area contributed by atoms with Crippen LogP contribution in [0.5, 0.6) is 0 Å². The highest BCUT2D eigenvalue weighted by atomic mass is 79.9. The van der Waals surface area contributed by atoms with E-state index in [1.54, 1.807) is 17.8 Å². The molecular weight excluding hydrogens is 298 g/mol. The number of benzene rings is 1. The molecule has 5 nitrogen and oxygen atoms in total. The number of carboxylic acid groups (broad SMARTS) is 1. The first-order valence-electron chi connectivity index (χ1n) is 5.39. The fraction of sp³-hybridized carbons (Fsp3) is 0.250. The van der Waals surface area contributed by atoms with Gasteiger partial charge in [-0.15, -0.1) is 0 Å². The van der Waals surface area contributed by atoms with E-state index < -0.39 is 11.9 Å². The predicted molar refractivity (Wildman–Crippen MR) is 69.2 cm³/mol. The maximum absolute atomic E-state index is 11.4. The molecule has 0 aliphatic rings. The number of rotatable bonds is 4. The Morgan fingerprint density at radius 2 is 2.33 bits per heavy atom. The Hall–Kier alpha value is -1.69. The smallest absolute Gasteiger partial charge is 0.311 e. The second-order valence-corrected chi connectivity index (χ2v) is 4.87. The van der Waals surface area contributed by atoms with Crippen molar-refractivity contribution in [2.45, 2.75) is 12.3 Å². The van der Waals surface area contributed by atoms with Crippen molar-refractivity contribution < 1.29 is 9.90 Å². The molecule has 0 fully saturated rings.